The average molecular weight is 242 g/mol. The predicted octanol–water partition coefficient (Wildman–Crippen LogP) is -0.0242. The molecule has 0 bridgehead atoms. The van der Waals surface area contributed by atoms with Crippen molar-refractivity contribution in [3.8, 4) is 0 Å². The van der Waals surface area contributed by atoms with Crippen LogP contribution in [0.4, 0.5) is 0 Å². The smallest absolute Gasteiger partial charge is 0.173 e. The van der Waals surface area contributed by atoms with Crippen molar-refractivity contribution in [1.29, 1.82) is 0 Å². The van der Waals surface area contributed by atoms with Crippen molar-refractivity contribution in [3.63, 3.8) is 0 Å². The number of hydrogen-bond donors (Lipinski definition) is 2. The van der Waals surface area contributed by atoms with Gasteiger partial charge >= 0.3 is 0 Å². The lowest BCUT2D eigenvalue weighted by molar-refractivity contribution is -0.122. The third kappa shape index (κ3) is 3.50. The van der Waals surface area contributed by atoms with Gasteiger partial charge in [-0.3, -0.25) is 16.0 Å². The molecule has 0 saturated heterocycles. The van der Waals surface area contributed by atoms with Gasteiger partial charge < -0.3 is 9.47 Å². The maximum Gasteiger partial charge on any atom is 0.173 e. The van der Waals surface area contributed by atoms with Gasteiger partial charge in [0.1, 0.15) is 0 Å². The number of rotatable bonds is 7. The summed E-state index contributed by atoms with van der Waals surface area (Å²) in [6, 6.07) is 1.97. The van der Waals surface area contributed by atoms with Crippen molar-refractivity contribution in [3.05, 3.63) is 17.5 Å². The van der Waals surface area contributed by atoms with E-state index in [0.717, 1.165) is 17.8 Å². The molecule has 0 saturated carbocycles. The molecular weight excluding hydrogens is 220 g/mol. The molecule has 1 atom stereocenters. The molecule has 6 heteroatoms. The Morgan fingerprint density at radius 3 is 2.53 bits per heavy atom. The van der Waals surface area contributed by atoms with Crippen molar-refractivity contribution < 1.29 is 9.47 Å². The van der Waals surface area contributed by atoms with E-state index in [1.54, 1.807) is 14.2 Å². The van der Waals surface area contributed by atoms with Gasteiger partial charge in [0.05, 0.1) is 11.7 Å². The van der Waals surface area contributed by atoms with Crippen molar-refractivity contribution in [1.82, 2.24) is 15.2 Å². The summed E-state index contributed by atoms with van der Waals surface area (Å²) in [5, 5.41) is 4.39. The Morgan fingerprint density at radius 1 is 1.47 bits per heavy atom. The van der Waals surface area contributed by atoms with Crippen LogP contribution in [0.15, 0.2) is 6.07 Å². The summed E-state index contributed by atoms with van der Waals surface area (Å²) in [4.78, 5) is 0. The average Bonchev–Trinajstić information content (AvgIpc) is 2.70. The van der Waals surface area contributed by atoms with Crippen LogP contribution in [0.3, 0.4) is 0 Å². The second kappa shape index (κ2) is 6.70. The standard InChI is InChI=1S/C11H22N4O2/c1-5-8-6-9(15(2)14-8)7-10(13-12)11(16-3)17-4/h6,10-11,13H,5,7,12H2,1-4H3. The molecule has 0 radical (unpaired) electrons. The molecular formula is C11H22N4O2. The number of nitrogens with one attached hydrogen (secondary N) is 1. The second-order valence-corrected chi connectivity index (χ2v) is 3.92. The first-order valence-corrected chi connectivity index (χ1v) is 5.69. The van der Waals surface area contributed by atoms with E-state index in [0.29, 0.717) is 6.42 Å². The van der Waals surface area contributed by atoms with Gasteiger partial charge in [0.25, 0.3) is 0 Å². The Morgan fingerprint density at radius 2 is 2.12 bits per heavy atom. The lowest BCUT2D eigenvalue weighted by atomic mass is 10.1. The van der Waals surface area contributed by atoms with E-state index in [4.69, 9.17) is 15.3 Å². The van der Waals surface area contributed by atoms with Gasteiger partial charge in [-0.15, -0.1) is 0 Å². The first kappa shape index (κ1) is 14.1. The molecule has 0 amide bonds. The highest BCUT2D eigenvalue weighted by Gasteiger charge is 2.21. The summed E-state index contributed by atoms with van der Waals surface area (Å²) in [6.07, 6.45) is 1.25. The minimum atomic E-state index is -0.375. The summed E-state index contributed by atoms with van der Waals surface area (Å²) in [6.45, 7) is 2.08. The molecule has 1 aromatic rings. The SMILES string of the molecule is CCc1cc(CC(NN)C(OC)OC)n(C)n1. The number of aromatic nitrogens is 2. The Hall–Kier alpha value is -0.950. The third-order valence-electron chi connectivity index (χ3n) is 2.83. The molecule has 0 aliphatic rings. The Bertz CT molecular complexity index is 336. The second-order valence-electron chi connectivity index (χ2n) is 3.92. The molecule has 6 nitrogen and oxygen atoms in total. The summed E-state index contributed by atoms with van der Waals surface area (Å²) >= 11 is 0. The lowest BCUT2D eigenvalue weighted by Gasteiger charge is -2.23. The molecule has 3 N–H and O–H groups in total. The minimum absolute atomic E-state index is 0.106. The van der Waals surface area contributed by atoms with Crippen LogP contribution in [0, 0.1) is 0 Å². The molecule has 98 valence electrons. The quantitative estimate of drug-likeness (QED) is 0.399. The number of hydrogen-bond acceptors (Lipinski definition) is 5. The fraction of sp³-hybridized carbons (Fsp3) is 0.727. The molecule has 0 fully saturated rings. The van der Waals surface area contributed by atoms with Gasteiger partial charge in [-0.1, -0.05) is 6.92 Å². The maximum atomic E-state index is 5.52. The largest absolute Gasteiger partial charge is 0.354 e. The Kier molecular flexibility index (Phi) is 5.57. The van der Waals surface area contributed by atoms with Crippen molar-refractivity contribution in [2.45, 2.75) is 32.1 Å². The molecule has 1 aromatic heterocycles. The van der Waals surface area contributed by atoms with Crippen LogP contribution in [0.5, 0.6) is 0 Å². The van der Waals surface area contributed by atoms with Gasteiger partial charge in [-0.2, -0.15) is 5.10 Å². The molecule has 1 unspecified atom stereocenters. The zero-order chi connectivity index (χ0) is 12.8. The molecule has 0 aliphatic heterocycles. The topological polar surface area (TPSA) is 74.3 Å². The summed E-state index contributed by atoms with van der Waals surface area (Å²) in [5.74, 6) is 5.52. The fourth-order valence-electron chi connectivity index (χ4n) is 1.82. The number of ether oxygens (including phenoxy) is 2. The molecule has 0 spiro atoms. The highest BCUT2D eigenvalue weighted by molar-refractivity contribution is 5.11. The Balaban J connectivity index is 2.75. The fourth-order valence-corrected chi connectivity index (χ4v) is 1.82. The van der Waals surface area contributed by atoms with Crippen molar-refractivity contribution in [2.75, 3.05) is 14.2 Å². The van der Waals surface area contributed by atoms with Crippen LogP contribution in [0.25, 0.3) is 0 Å². The lowest BCUT2D eigenvalue weighted by Crippen LogP contribution is -2.47. The van der Waals surface area contributed by atoms with Crippen LogP contribution in [-0.4, -0.2) is 36.3 Å². The highest BCUT2D eigenvalue weighted by Crippen LogP contribution is 2.10. The van der Waals surface area contributed by atoms with E-state index < -0.39 is 0 Å². The van der Waals surface area contributed by atoms with Gasteiger partial charge in [0, 0.05) is 33.4 Å². The van der Waals surface area contributed by atoms with Gasteiger partial charge in [-0.05, 0) is 12.5 Å². The van der Waals surface area contributed by atoms with E-state index in [2.05, 4.69) is 23.5 Å². The van der Waals surface area contributed by atoms with E-state index in [1.165, 1.54) is 0 Å². The number of nitrogens with zero attached hydrogens (tertiary/aromatic N) is 2. The minimum Gasteiger partial charge on any atom is -0.354 e. The van der Waals surface area contributed by atoms with Crippen molar-refractivity contribution >= 4 is 0 Å². The number of hydrazine groups is 1. The van der Waals surface area contributed by atoms with E-state index in [-0.39, 0.29) is 12.3 Å². The Labute approximate surface area is 102 Å². The van der Waals surface area contributed by atoms with Crippen LogP contribution >= 0.6 is 0 Å². The van der Waals surface area contributed by atoms with Crippen LogP contribution in [0.2, 0.25) is 0 Å². The van der Waals surface area contributed by atoms with Crippen LogP contribution in [0.1, 0.15) is 18.3 Å². The maximum absolute atomic E-state index is 5.52. The molecule has 1 heterocycles. The van der Waals surface area contributed by atoms with Gasteiger partial charge in [0.2, 0.25) is 0 Å². The molecule has 0 aromatic carbocycles. The molecule has 1 rings (SSSR count). The predicted molar refractivity (Wildman–Crippen MR) is 65.2 cm³/mol. The first-order valence-electron chi connectivity index (χ1n) is 5.69. The summed E-state index contributed by atoms with van der Waals surface area (Å²) < 4.78 is 12.3. The summed E-state index contributed by atoms with van der Waals surface area (Å²) in [7, 11) is 5.12. The number of nitrogens with two attached hydrogens (primary N) is 1. The first-order chi connectivity index (χ1) is 8.15. The van der Waals surface area contributed by atoms with Crippen LogP contribution in [-0.2, 0) is 29.4 Å². The summed E-state index contributed by atoms with van der Waals surface area (Å²) in [5.41, 5.74) is 4.89. The van der Waals surface area contributed by atoms with E-state index in [9.17, 15) is 0 Å². The monoisotopic (exact) mass is 242 g/mol. The van der Waals surface area contributed by atoms with E-state index >= 15 is 0 Å². The zero-order valence-electron chi connectivity index (χ0n) is 10.9. The third-order valence-corrected chi connectivity index (χ3v) is 2.83. The van der Waals surface area contributed by atoms with Gasteiger partial charge in [-0.25, -0.2) is 0 Å². The molecule has 17 heavy (non-hydrogen) atoms. The van der Waals surface area contributed by atoms with E-state index in [1.807, 2.05) is 11.7 Å². The molecule has 0 aliphatic carbocycles. The zero-order valence-corrected chi connectivity index (χ0v) is 10.9. The van der Waals surface area contributed by atoms with Gasteiger partial charge in [0.15, 0.2) is 6.29 Å². The van der Waals surface area contributed by atoms with Crippen molar-refractivity contribution in [2.24, 2.45) is 12.9 Å². The number of aryl methyl sites for hydroxylation is 2. The van der Waals surface area contributed by atoms with Crippen LogP contribution < -0.4 is 11.3 Å². The number of methoxy groups -OCH3 is 2. The normalized spacial score (nSPS) is 13.3. The highest BCUT2D eigenvalue weighted by atomic mass is 16.7.